The zero-order valence-electron chi connectivity index (χ0n) is 17.3. The molecule has 162 valence electrons. The molecule has 32 heavy (non-hydrogen) atoms. The van der Waals surface area contributed by atoms with Crippen LogP contribution in [0.1, 0.15) is 10.9 Å². The quantitative estimate of drug-likeness (QED) is 0.170. The van der Waals surface area contributed by atoms with E-state index in [1.165, 1.54) is 13.2 Å². The highest BCUT2D eigenvalue weighted by atomic mass is 35.5. The third-order valence-electron chi connectivity index (χ3n) is 4.92. The molecule has 3 aromatic carbocycles. The Morgan fingerprint density at radius 3 is 2.34 bits per heavy atom. The van der Waals surface area contributed by atoms with Gasteiger partial charge >= 0.3 is 11.6 Å². The van der Waals surface area contributed by atoms with Crippen molar-refractivity contribution in [3.63, 3.8) is 0 Å². The maximum absolute atomic E-state index is 12.7. The molecule has 0 aliphatic rings. The summed E-state index contributed by atoms with van der Waals surface area (Å²) >= 11 is 6.22. The third-order valence-corrected chi connectivity index (χ3v) is 5.35. The number of rotatable bonds is 6. The van der Waals surface area contributed by atoms with Gasteiger partial charge in [0, 0.05) is 23.1 Å². The van der Waals surface area contributed by atoms with Gasteiger partial charge in [0.05, 0.1) is 19.8 Å². The number of alkyl halides is 1. The van der Waals surface area contributed by atoms with E-state index in [0.717, 1.165) is 0 Å². The van der Waals surface area contributed by atoms with Gasteiger partial charge in [-0.25, -0.2) is 9.59 Å². The molecule has 4 rings (SSSR count). The number of hydrogen-bond acceptors (Lipinski definition) is 6. The normalized spacial score (nSPS) is 11.7. The van der Waals surface area contributed by atoms with Gasteiger partial charge in [-0.05, 0) is 35.9 Å². The van der Waals surface area contributed by atoms with Crippen LogP contribution in [0.25, 0.3) is 22.1 Å². The molecule has 0 fully saturated rings. The Labute approximate surface area is 188 Å². The van der Waals surface area contributed by atoms with Crippen molar-refractivity contribution in [2.75, 3.05) is 14.2 Å². The van der Waals surface area contributed by atoms with E-state index in [9.17, 15) is 9.59 Å². The van der Waals surface area contributed by atoms with E-state index in [0.29, 0.717) is 33.6 Å². The van der Waals surface area contributed by atoms with Crippen LogP contribution in [0.2, 0.25) is 0 Å². The van der Waals surface area contributed by atoms with Crippen molar-refractivity contribution in [3.8, 4) is 28.4 Å². The average Bonchev–Trinajstić information content (AvgIpc) is 2.83. The van der Waals surface area contributed by atoms with Crippen LogP contribution in [0.3, 0.4) is 0 Å². The van der Waals surface area contributed by atoms with Crippen LogP contribution in [0, 0.1) is 0 Å². The Morgan fingerprint density at radius 2 is 1.62 bits per heavy atom. The molecule has 6 nitrogen and oxygen atoms in total. The standard InChI is InChI=1S/C25H19ClO6/c1-29-17-10-11-19(22(13-17)30-2)20-12-16-8-9-18(14-21(16)32-24(20)27)31-25(28)23(26)15-6-4-3-5-7-15/h3-14,23H,1-2H3. The SMILES string of the molecule is COc1ccc(-c2cc3ccc(OC(=O)C(Cl)c4ccccc4)cc3oc2=O)c(OC)c1. The van der Waals surface area contributed by atoms with E-state index in [1.54, 1.807) is 67.8 Å². The highest BCUT2D eigenvalue weighted by Gasteiger charge is 2.20. The number of carbonyl (C=O) groups is 1. The van der Waals surface area contributed by atoms with Crippen LogP contribution in [0.15, 0.2) is 82.0 Å². The van der Waals surface area contributed by atoms with Crippen LogP contribution in [-0.2, 0) is 4.79 Å². The number of carbonyl (C=O) groups excluding carboxylic acids is 1. The number of fused-ring (bicyclic) bond motifs is 1. The van der Waals surface area contributed by atoms with Gasteiger partial charge in [0.2, 0.25) is 0 Å². The summed E-state index contributed by atoms with van der Waals surface area (Å²) in [4.78, 5) is 25.1. The molecule has 7 heteroatoms. The lowest BCUT2D eigenvalue weighted by Gasteiger charge is -2.11. The van der Waals surface area contributed by atoms with E-state index in [2.05, 4.69) is 0 Å². The van der Waals surface area contributed by atoms with Crippen molar-refractivity contribution >= 4 is 28.5 Å². The maximum Gasteiger partial charge on any atom is 0.344 e. The molecule has 0 radical (unpaired) electrons. The molecule has 0 saturated heterocycles. The summed E-state index contributed by atoms with van der Waals surface area (Å²) in [6.07, 6.45) is 0. The highest BCUT2D eigenvalue weighted by Crippen LogP contribution is 2.33. The minimum atomic E-state index is -0.955. The Hall–Kier alpha value is -3.77. The predicted octanol–water partition coefficient (Wildman–Crippen LogP) is 5.36. The number of esters is 1. The summed E-state index contributed by atoms with van der Waals surface area (Å²) in [6.45, 7) is 0. The topological polar surface area (TPSA) is 75.0 Å². The van der Waals surface area contributed by atoms with Crippen LogP contribution in [0.4, 0.5) is 0 Å². The van der Waals surface area contributed by atoms with Gasteiger partial charge in [-0.3, -0.25) is 0 Å². The maximum atomic E-state index is 12.7. The number of halogens is 1. The Bertz CT molecular complexity index is 1330. The highest BCUT2D eigenvalue weighted by molar-refractivity contribution is 6.30. The fourth-order valence-electron chi connectivity index (χ4n) is 3.29. The monoisotopic (exact) mass is 450 g/mol. The molecule has 0 saturated carbocycles. The fraction of sp³-hybridized carbons (Fsp3) is 0.120. The molecule has 1 unspecified atom stereocenters. The summed E-state index contributed by atoms with van der Waals surface area (Å²) in [6, 6.07) is 20.6. The molecule has 4 aromatic rings. The predicted molar refractivity (Wildman–Crippen MR) is 122 cm³/mol. The molecule has 0 N–H and O–H groups in total. The van der Waals surface area contributed by atoms with Crippen molar-refractivity contribution < 1.29 is 23.4 Å². The molecule has 0 spiro atoms. The molecule has 0 amide bonds. The van der Waals surface area contributed by atoms with Crippen molar-refractivity contribution in [3.05, 3.63) is 88.8 Å². The van der Waals surface area contributed by atoms with Crippen LogP contribution < -0.4 is 19.8 Å². The second kappa shape index (κ2) is 9.16. The first-order valence-electron chi connectivity index (χ1n) is 9.71. The minimum Gasteiger partial charge on any atom is -0.497 e. The summed E-state index contributed by atoms with van der Waals surface area (Å²) in [7, 11) is 3.07. The smallest absolute Gasteiger partial charge is 0.344 e. The Kier molecular flexibility index (Phi) is 6.14. The first-order chi connectivity index (χ1) is 15.5. The minimum absolute atomic E-state index is 0.224. The second-order valence-corrected chi connectivity index (χ2v) is 7.34. The zero-order chi connectivity index (χ0) is 22.7. The molecule has 1 heterocycles. The van der Waals surface area contributed by atoms with Crippen molar-refractivity contribution in [1.29, 1.82) is 0 Å². The number of ether oxygens (including phenoxy) is 3. The molecule has 1 aromatic heterocycles. The lowest BCUT2D eigenvalue weighted by molar-refractivity contribution is -0.134. The summed E-state index contributed by atoms with van der Waals surface area (Å²) in [5, 5.41) is -0.299. The van der Waals surface area contributed by atoms with Crippen LogP contribution in [0.5, 0.6) is 17.2 Å². The number of hydrogen-bond donors (Lipinski definition) is 0. The van der Waals surface area contributed by atoms with Crippen LogP contribution >= 0.6 is 11.6 Å². The summed E-state index contributed by atoms with van der Waals surface area (Å²) in [5.41, 5.74) is 1.27. The van der Waals surface area contributed by atoms with E-state index < -0.39 is 17.0 Å². The van der Waals surface area contributed by atoms with Gasteiger partial charge in [-0.15, -0.1) is 11.6 Å². The summed E-state index contributed by atoms with van der Waals surface area (Å²) < 4.78 is 21.5. The first-order valence-corrected chi connectivity index (χ1v) is 10.1. The second-order valence-electron chi connectivity index (χ2n) is 6.91. The van der Waals surface area contributed by atoms with Crippen molar-refractivity contribution in [1.82, 2.24) is 0 Å². The van der Waals surface area contributed by atoms with Gasteiger partial charge in [-0.1, -0.05) is 30.3 Å². The van der Waals surface area contributed by atoms with Gasteiger partial charge in [-0.2, -0.15) is 0 Å². The first kappa shape index (κ1) is 21.5. The Balaban J connectivity index is 1.64. The van der Waals surface area contributed by atoms with E-state index in [-0.39, 0.29) is 11.3 Å². The van der Waals surface area contributed by atoms with Gasteiger partial charge in [0.1, 0.15) is 22.8 Å². The summed E-state index contributed by atoms with van der Waals surface area (Å²) in [5.74, 6) is 0.687. The van der Waals surface area contributed by atoms with E-state index >= 15 is 0 Å². The number of benzene rings is 3. The Morgan fingerprint density at radius 1 is 0.875 bits per heavy atom. The van der Waals surface area contributed by atoms with Gasteiger partial charge in [0.25, 0.3) is 0 Å². The molecule has 0 bridgehead atoms. The lowest BCUT2D eigenvalue weighted by Crippen LogP contribution is -2.14. The van der Waals surface area contributed by atoms with Crippen LogP contribution in [-0.4, -0.2) is 20.2 Å². The van der Waals surface area contributed by atoms with E-state index in [4.69, 9.17) is 30.2 Å². The van der Waals surface area contributed by atoms with Gasteiger partial charge < -0.3 is 18.6 Å². The number of methoxy groups -OCH3 is 2. The molecular formula is C25H19ClO6. The van der Waals surface area contributed by atoms with Crippen molar-refractivity contribution in [2.24, 2.45) is 0 Å². The van der Waals surface area contributed by atoms with Gasteiger partial charge in [0.15, 0.2) is 5.38 Å². The average molecular weight is 451 g/mol. The largest absolute Gasteiger partial charge is 0.497 e. The third kappa shape index (κ3) is 4.31. The van der Waals surface area contributed by atoms with E-state index in [1.807, 2.05) is 6.07 Å². The zero-order valence-corrected chi connectivity index (χ0v) is 18.1. The molecular weight excluding hydrogens is 432 g/mol. The molecule has 0 aliphatic heterocycles. The van der Waals surface area contributed by atoms with Crippen molar-refractivity contribution in [2.45, 2.75) is 5.38 Å². The molecule has 1 atom stereocenters. The fourth-order valence-corrected chi connectivity index (χ4v) is 3.48. The lowest BCUT2D eigenvalue weighted by atomic mass is 10.0. The molecule has 0 aliphatic carbocycles.